The minimum absolute atomic E-state index is 0.115. The van der Waals surface area contributed by atoms with E-state index in [1.165, 1.54) is 6.07 Å². The Labute approximate surface area is 124 Å². The number of carbonyl (C=O) groups excluding carboxylic acids is 1. The molecule has 2 rings (SSSR count). The van der Waals surface area contributed by atoms with Crippen molar-refractivity contribution in [1.29, 1.82) is 0 Å². The van der Waals surface area contributed by atoms with E-state index in [-0.39, 0.29) is 17.6 Å². The molecule has 1 aliphatic carbocycles. The Bertz CT molecular complexity index is 533. The zero-order chi connectivity index (χ0) is 15.4. The molecule has 114 valence electrons. The lowest BCUT2D eigenvalue weighted by molar-refractivity contribution is -0.143. The third-order valence-electron chi connectivity index (χ3n) is 4.22. The van der Waals surface area contributed by atoms with Crippen molar-refractivity contribution in [3.63, 3.8) is 0 Å². The van der Waals surface area contributed by atoms with E-state index in [2.05, 4.69) is 5.32 Å². The number of hydrogen-bond donors (Lipinski definition) is 3. The largest absolute Gasteiger partial charge is 0.508 e. The third kappa shape index (κ3) is 3.97. The number of benzene rings is 1. The van der Waals surface area contributed by atoms with Crippen LogP contribution in [0.4, 0.5) is 0 Å². The van der Waals surface area contributed by atoms with Crippen molar-refractivity contribution in [1.82, 2.24) is 5.32 Å². The number of aromatic hydroxyl groups is 1. The lowest BCUT2D eigenvalue weighted by atomic mass is 9.82. The van der Waals surface area contributed by atoms with E-state index >= 15 is 0 Å². The third-order valence-corrected chi connectivity index (χ3v) is 4.22. The molecular weight excluding hydrogens is 270 g/mol. The maximum Gasteiger partial charge on any atom is 0.306 e. The van der Waals surface area contributed by atoms with E-state index in [1.807, 2.05) is 0 Å². The second-order valence-electron chi connectivity index (χ2n) is 5.77. The molecule has 0 spiro atoms. The van der Waals surface area contributed by atoms with Crippen LogP contribution in [0, 0.1) is 18.8 Å². The number of rotatable bonds is 4. The van der Waals surface area contributed by atoms with Gasteiger partial charge in [0.1, 0.15) is 5.75 Å². The predicted molar refractivity (Wildman–Crippen MR) is 78.3 cm³/mol. The molecule has 1 saturated carbocycles. The molecule has 1 fully saturated rings. The maximum atomic E-state index is 12.0. The summed E-state index contributed by atoms with van der Waals surface area (Å²) in [6.07, 6.45) is 3.02. The molecule has 1 aromatic rings. The van der Waals surface area contributed by atoms with Gasteiger partial charge in [-0.2, -0.15) is 0 Å². The molecule has 0 heterocycles. The Balaban J connectivity index is 1.82. The van der Waals surface area contributed by atoms with Gasteiger partial charge in [-0.05, 0) is 56.2 Å². The van der Waals surface area contributed by atoms with Crippen molar-refractivity contribution in [3.8, 4) is 5.75 Å². The van der Waals surface area contributed by atoms with Gasteiger partial charge in [0.15, 0.2) is 0 Å². The number of carboxylic acid groups (broad SMARTS) is 1. The van der Waals surface area contributed by atoms with E-state index in [9.17, 15) is 14.7 Å². The number of aryl methyl sites for hydroxylation is 1. The minimum Gasteiger partial charge on any atom is -0.508 e. The molecule has 0 saturated heterocycles. The van der Waals surface area contributed by atoms with Crippen LogP contribution in [0.2, 0.25) is 0 Å². The first-order chi connectivity index (χ1) is 9.97. The van der Waals surface area contributed by atoms with Crippen LogP contribution in [0.25, 0.3) is 0 Å². The maximum absolute atomic E-state index is 12.0. The summed E-state index contributed by atoms with van der Waals surface area (Å²) in [5, 5.41) is 21.4. The SMILES string of the molecule is Cc1ccc(C(=O)NCC2CCC(C(=O)O)CC2)cc1O. The van der Waals surface area contributed by atoms with E-state index < -0.39 is 5.97 Å². The number of phenolic OH excluding ortho intramolecular Hbond substituents is 1. The van der Waals surface area contributed by atoms with Crippen molar-refractivity contribution in [2.45, 2.75) is 32.6 Å². The number of carboxylic acids is 1. The summed E-state index contributed by atoms with van der Waals surface area (Å²) in [5.74, 6) is -0.697. The van der Waals surface area contributed by atoms with Crippen LogP contribution in [0.15, 0.2) is 18.2 Å². The average molecular weight is 291 g/mol. The molecule has 21 heavy (non-hydrogen) atoms. The fourth-order valence-corrected chi connectivity index (χ4v) is 2.70. The average Bonchev–Trinajstić information content (AvgIpc) is 2.48. The summed E-state index contributed by atoms with van der Waals surface area (Å²) < 4.78 is 0. The summed E-state index contributed by atoms with van der Waals surface area (Å²) in [5.41, 5.74) is 1.18. The first-order valence-corrected chi connectivity index (χ1v) is 7.28. The minimum atomic E-state index is -0.715. The lowest BCUT2D eigenvalue weighted by Crippen LogP contribution is -2.32. The van der Waals surface area contributed by atoms with Crippen molar-refractivity contribution in [3.05, 3.63) is 29.3 Å². The summed E-state index contributed by atoms with van der Waals surface area (Å²) in [4.78, 5) is 22.9. The molecule has 5 nitrogen and oxygen atoms in total. The molecule has 0 bridgehead atoms. The van der Waals surface area contributed by atoms with Gasteiger partial charge in [0, 0.05) is 12.1 Å². The first-order valence-electron chi connectivity index (χ1n) is 7.28. The molecule has 0 atom stereocenters. The highest BCUT2D eigenvalue weighted by Gasteiger charge is 2.26. The van der Waals surface area contributed by atoms with Crippen LogP contribution in [-0.2, 0) is 4.79 Å². The number of amides is 1. The highest BCUT2D eigenvalue weighted by Crippen LogP contribution is 2.28. The van der Waals surface area contributed by atoms with E-state index in [0.29, 0.717) is 30.9 Å². The van der Waals surface area contributed by atoms with Gasteiger partial charge >= 0.3 is 5.97 Å². The standard InChI is InChI=1S/C16H21NO4/c1-10-2-5-13(8-14(10)18)15(19)17-9-11-3-6-12(7-4-11)16(20)21/h2,5,8,11-12,18H,3-4,6-7,9H2,1H3,(H,17,19)(H,20,21). The molecule has 5 heteroatoms. The Morgan fingerprint density at radius 1 is 1.24 bits per heavy atom. The van der Waals surface area contributed by atoms with Crippen LogP contribution in [-0.4, -0.2) is 28.6 Å². The van der Waals surface area contributed by atoms with Crippen molar-refractivity contribution in [2.75, 3.05) is 6.54 Å². The molecule has 0 aliphatic heterocycles. The molecular formula is C16H21NO4. The number of carbonyl (C=O) groups is 2. The Morgan fingerprint density at radius 2 is 1.90 bits per heavy atom. The van der Waals surface area contributed by atoms with Crippen molar-refractivity contribution in [2.24, 2.45) is 11.8 Å². The molecule has 0 aromatic heterocycles. The smallest absolute Gasteiger partial charge is 0.306 e. The van der Waals surface area contributed by atoms with Gasteiger partial charge in [-0.15, -0.1) is 0 Å². The first kappa shape index (κ1) is 15.4. The van der Waals surface area contributed by atoms with Gasteiger partial charge in [-0.1, -0.05) is 6.07 Å². The summed E-state index contributed by atoms with van der Waals surface area (Å²) in [6.45, 7) is 2.33. The molecule has 1 amide bonds. The second-order valence-corrected chi connectivity index (χ2v) is 5.77. The van der Waals surface area contributed by atoms with Gasteiger partial charge in [-0.25, -0.2) is 0 Å². The van der Waals surface area contributed by atoms with Crippen molar-refractivity contribution < 1.29 is 19.8 Å². The van der Waals surface area contributed by atoms with Crippen LogP contribution in [0.5, 0.6) is 5.75 Å². The summed E-state index contributed by atoms with van der Waals surface area (Å²) in [7, 11) is 0. The topological polar surface area (TPSA) is 86.6 Å². The van der Waals surface area contributed by atoms with Crippen LogP contribution in [0.1, 0.15) is 41.6 Å². The van der Waals surface area contributed by atoms with Crippen LogP contribution >= 0.6 is 0 Å². The molecule has 1 aliphatic rings. The normalized spacial score (nSPS) is 21.8. The van der Waals surface area contributed by atoms with Crippen molar-refractivity contribution >= 4 is 11.9 Å². The fourth-order valence-electron chi connectivity index (χ4n) is 2.70. The van der Waals surface area contributed by atoms with E-state index in [0.717, 1.165) is 18.4 Å². The second kappa shape index (κ2) is 6.61. The summed E-state index contributed by atoms with van der Waals surface area (Å²) in [6, 6.07) is 4.86. The van der Waals surface area contributed by atoms with Crippen LogP contribution in [0.3, 0.4) is 0 Å². The van der Waals surface area contributed by atoms with Crippen LogP contribution < -0.4 is 5.32 Å². The molecule has 1 aromatic carbocycles. The van der Waals surface area contributed by atoms with Gasteiger partial charge < -0.3 is 15.5 Å². The molecule has 0 unspecified atom stereocenters. The van der Waals surface area contributed by atoms with Gasteiger partial charge in [0.05, 0.1) is 5.92 Å². The number of phenols is 1. The number of nitrogens with one attached hydrogen (secondary N) is 1. The van der Waals surface area contributed by atoms with Gasteiger partial charge in [-0.3, -0.25) is 9.59 Å². The number of hydrogen-bond acceptors (Lipinski definition) is 3. The molecule has 3 N–H and O–H groups in total. The fraction of sp³-hybridized carbons (Fsp3) is 0.500. The van der Waals surface area contributed by atoms with E-state index in [4.69, 9.17) is 5.11 Å². The molecule has 0 radical (unpaired) electrons. The lowest BCUT2D eigenvalue weighted by Gasteiger charge is -2.26. The Hall–Kier alpha value is -2.04. The Kier molecular flexibility index (Phi) is 4.83. The quantitative estimate of drug-likeness (QED) is 0.794. The van der Waals surface area contributed by atoms with Gasteiger partial charge in [0.2, 0.25) is 0 Å². The highest BCUT2D eigenvalue weighted by molar-refractivity contribution is 5.94. The van der Waals surface area contributed by atoms with E-state index in [1.54, 1.807) is 19.1 Å². The zero-order valence-corrected chi connectivity index (χ0v) is 12.1. The number of aliphatic carboxylic acids is 1. The summed E-state index contributed by atoms with van der Waals surface area (Å²) >= 11 is 0. The predicted octanol–water partition coefficient (Wildman–Crippen LogP) is 2.32. The Morgan fingerprint density at radius 3 is 2.48 bits per heavy atom. The zero-order valence-electron chi connectivity index (χ0n) is 12.1. The highest BCUT2D eigenvalue weighted by atomic mass is 16.4. The van der Waals surface area contributed by atoms with Gasteiger partial charge in [0.25, 0.3) is 5.91 Å². The monoisotopic (exact) mass is 291 g/mol.